The average molecular weight is 341 g/mol. The molecule has 1 saturated heterocycles. The fraction of sp³-hybridized carbons (Fsp3) is 0.368. The number of amides is 1. The third kappa shape index (κ3) is 3.65. The molecule has 0 atom stereocenters. The van der Waals surface area contributed by atoms with Crippen molar-refractivity contribution in [3.63, 3.8) is 0 Å². The summed E-state index contributed by atoms with van der Waals surface area (Å²) in [6.45, 7) is 7.27. The molecule has 1 aromatic heterocycles. The summed E-state index contributed by atoms with van der Waals surface area (Å²) in [6.07, 6.45) is 0. The zero-order valence-electron chi connectivity index (χ0n) is 14.6. The summed E-state index contributed by atoms with van der Waals surface area (Å²) in [6, 6.07) is 9.02. The molecular formula is C19H23N3O3. The molecule has 0 aliphatic carbocycles. The van der Waals surface area contributed by atoms with Gasteiger partial charge in [0.25, 0.3) is 0 Å². The average Bonchev–Trinajstić information content (AvgIpc) is 2.90. The van der Waals surface area contributed by atoms with Gasteiger partial charge in [-0.3, -0.25) is 14.5 Å². The van der Waals surface area contributed by atoms with Gasteiger partial charge in [0.1, 0.15) is 0 Å². The molecule has 1 aliphatic heterocycles. The maximum absolute atomic E-state index is 12.7. The van der Waals surface area contributed by atoms with Crippen LogP contribution in [0.15, 0.2) is 30.3 Å². The molecule has 25 heavy (non-hydrogen) atoms. The third-order valence-electron chi connectivity index (χ3n) is 4.61. The van der Waals surface area contributed by atoms with E-state index in [-0.39, 0.29) is 5.78 Å². The number of nitrogens with two attached hydrogens (primary N) is 1. The fourth-order valence-electron chi connectivity index (χ4n) is 3.26. The summed E-state index contributed by atoms with van der Waals surface area (Å²) in [7, 11) is 0. The number of benzene rings is 1. The lowest BCUT2D eigenvalue weighted by Gasteiger charge is -2.25. The van der Waals surface area contributed by atoms with E-state index < -0.39 is 5.91 Å². The Hall–Kier alpha value is -2.44. The summed E-state index contributed by atoms with van der Waals surface area (Å²) in [5, 5.41) is 0. The van der Waals surface area contributed by atoms with Crippen LogP contribution in [0, 0.1) is 13.8 Å². The molecule has 132 valence electrons. The van der Waals surface area contributed by atoms with Gasteiger partial charge in [0.05, 0.1) is 19.8 Å². The van der Waals surface area contributed by atoms with E-state index in [1.54, 1.807) is 12.1 Å². The molecule has 2 aromatic rings. The SMILES string of the molecule is Cc1cc(C(=O)CN2CCOCC2)c(C)n1-c1ccc(C(N)=O)cc1. The Kier molecular flexibility index (Phi) is 5.01. The number of rotatable bonds is 5. The number of nitrogens with zero attached hydrogens (tertiary/aromatic N) is 2. The van der Waals surface area contributed by atoms with Gasteiger partial charge < -0.3 is 15.0 Å². The summed E-state index contributed by atoms with van der Waals surface area (Å²) in [5.74, 6) is -0.330. The first-order chi connectivity index (χ1) is 12.0. The quantitative estimate of drug-likeness (QED) is 0.840. The minimum Gasteiger partial charge on any atom is -0.379 e. The van der Waals surface area contributed by atoms with E-state index in [0.717, 1.165) is 35.7 Å². The minimum atomic E-state index is -0.450. The minimum absolute atomic E-state index is 0.120. The second kappa shape index (κ2) is 7.21. The van der Waals surface area contributed by atoms with Crippen molar-refractivity contribution < 1.29 is 14.3 Å². The van der Waals surface area contributed by atoms with Crippen LogP contribution in [0.1, 0.15) is 32.1 Å². The molecule has 1 amide bonds. The highest BCUT2D eigenvalue weighted by atomic mass is 16.5. The molecule has 0 radical (unpaired) electrons. The Morgan fingerprint density at radius 2 is 1.76 bits per heavy atom. The number of aromatic nitrogens is 1. The molecule has 6 nitrogen and oxygen atoms in total. The van der Waals surface area contributed by atoms with Crippen LogP contribution in [-0.2, 0) is 4.74 Å². The highest BCUT2D eigenvalue weighted by molar-refractivity contribution is 5.99. The molecule has 6 heteroatoms. The van der Waals surface area contributed by atoms with Gasteiger partial charge in [0.15, 0.2) is 5.78 Å². The number of hydrogen-bond acceptors (Lipinski definition) is 4. The van der Waals surface area contributed by atoms with Crippen molar-refractivity contribution in [2.24, 2.45) is 5.73 Å². The number of ether oxygens (including phenoxy) is 1. The Bertz CT molecular complexity index is 787. The molecule has 0 saturated carbocycles. The van der Waals surface area contributed by atoms with Gasteiger partial charge >= 0.3 is 0 Å². The molecule has 0 spiro atoms. The van der Waals surface area contributed by atoms with E-state index in [4.69, 9.17) is 10.5 Å². The van der Waals surface area contributed by atoms with E-state index in [9.17, 15) is 9.59 Å². The zero-order chi connectivity index (χ0) is 18.0. The third-order valence-corrected chi connectivity index (χ3v) is 4.61. The highest BCUT2D eigenvalue weighted by Crippen LogP contribution is 2.22. The van der Waals surface area contributed by atoms with Crippen LogP contribution < -0.4 is 5.73 Å². The molecular weight excluding hydrogens is 318 g/mol. The summed E-state index contributed by atoms with van der Waals surface area (Å²) < 4.78 is 7.35. The van der Waals surface area contributed by atoms with Crippen molar-refractivity contribution in [1.82, 2.24) is 9.47 Å². The smallest absolute Gasteiger partial charge is 0.248 e. The Morgan fingerprint density at radius 3 is 2.36 bits per heavy atom. The standard InChI is InChI=1S/C19H23N3O3/c1-13-11-17(18(23)12-21-7-9-25-10-8-21)14(2)22(13)16-5-3-15(4-6-16)19(20)24/h3-6,11H,7-10,12H2,1-2H3,(H2,20,24). The van der Waals surface area contributed by atoms with E-state index in [1.807, 2.05) is 36.6 Å². The predicted octanol–water partition coefficient (Wildman–Crippen LogP) is 1.71. The van der Waals surface area contributed by atoms with Crippen LogP contribution in [0.4, 0.5) is 0 Å². The molecule has 1 aromatic carbocycles. The maximum atomic E-state index is 12.7. The lowest BCUT2D eigenvalue weighted by molar-refractivity contribution is 0.0371. The van der Waals surface area contributed by atoms with E-state index in [1.165, 1.54) is 0 Å². The lowest BCUT2D eigenvalue weighted by Crippen LogP contribution is -2.39. The maximum Gasteiger partial charge on any atom is 0.248 e. The van der Waals surface area contributed by atoms with Crippen molar-refractivity contribution in [3.05, 3.63) is 52.8 Å². The number of aryl methyl sites for hydroxylation is 1. The first kappa shape index (κ1) is 17.4. The number of primary amides is 1. The number of ketones is 1. The van der Waals surface area contributed by atoms with Crippen LogP contribution in [0.25, 0.3) is 5.69 Å². The van der Waals surface area contributed by atoms with Crippen LogP contribution in [0.3, 0.4) is 0 Å². The Balaban J connectivity index is 1.84. The van der Waals surface area contributed by atoms with Gasteiger partial charge in [-0.05, 0) is 44.2 Å². The molecule has 3 rings (SSSR count). The van der Waals surface area contributed by atoms with Gasteiger partial charge in [0, 0.05) is 41.3 Å². The first-order valence-corrected chi connectivity index (χ1v) is 8.40. The van der Waals surface area contributed by atoms with Crippen LogP contribution in [0.2, 0.25) is 0 Å². The predicted molar refractivity (Wildman–Crippen MR) is 95.4 cm³/mol. The van der Waals surface area contributed by atoms with Crippen molar-refractivity contribution in [1.29, 1.82) is 0 Å². The zero-order valence-corrected chi connectivity index (χ0v) is 14.6. The molecule has 0 bridgehead atoms. The second-order valence-electron chi connectivity index (χ2n) is 6.34. The van der Waals surface area contributed by atoms with Crippen LogP contribution in [0.5, 0.6) is 0 Å². The normalized spacial score (nSPS) is 15.3. The Morgan fingerprint density at radius 1 is 1.12 bits per heavy atom. The first-order valence-electron chi connectivity index (χ1n) is 8.40. The van der Waals surface area contributed by atoms with Gasteiger partial charge in [-0.25, -0.2) is 0 Å². The van der Waals surface area contributed by atoms with Gasteiger partial charge in [0.2, 0.25) is 5.91 Å². The van der Waals surface area contributed by atoms with Gasteiger partial charge in [-0.1, -0.05) is 0 Å². The van der Waals surface area contributed by atoms with E-state index in [2.05, 4.69) is 4.90 Å². The van der Waals surface area contributed by atoms with E-state index >= 15 is 0 Å². The summed E-state index contributed by atoms with van der Waals surface area (Å²) in [4.78, 5) is 26.1. The van der Waals surface area contributed by atoms with Crippen molar-refractivity contribution in [2.75, 3.05) is 32.8 Å². The number of carbonyl (C=O) groups is 2. The van der Waals surface area contributed by atoms with E-state index in [0.29, 0.717) is 25.3 Å². The number of carbonyl (C=O) groups excluding carboxylic acids is 2. The fourth-order valence-corrected chi connectivity index (χ4v) is 3.26. The summed E-state index contributed by atoms with van der Waals surface area (Å²) >= 11 is 0. The molecule has 1 fully saturated rings. The van der Waals surface area contributed by atoms with Crippen molar-refractivity contribution in [2.45, 2.75) is 13.8 Å². The second-order valence-corrected chi connectivity index (χ2v) is 6.34. The molecule has 2 N–H and O–H groups in total. The summed E-state index contributed by atoms with van der Waals surface area (Å²) in [5.41, 5.74) is 9.29. The lowest BCUT2D eigenvalue weighted by atomic mass is 10.1. The van der Waals surface area contributed by atoms with Gasteiger partial charge in [-0.15, -0.1) is 0 Å². The molecule has 1 aliphatic rings. The number of morpholine rings is 1. The monoisotopic (exact) mass is 341 g/mol. The molecule has 0 unspecified atom stereocenters. The molecule has 2 heterocycles. The highest BCUT2D eigenvalue weighted by Gasteiger charge is 2.20. The number of hydrogen-bond donors (Lipinski definition) is 1. The largest absolute Gasteiger partial charge is 0.379 e. The topological polar surface area (TPSA) is 77.6 Å². The van der Waals surface area contributed by atoms with Crippen molar-refractivity contribution >= 4 is 11.7 Å². The van der Waals surface area contributed by atoms with Crippen LogP contribution >= 0.6 is 0 Å². The van der Waals surface area contributed by atoms with Crippen molar-refractivity contribution in [3.8, 4) is 5.69 Å². The van der Waals surface area contributed by atoms with Crippen LogP contribution in [-0.4, -0.2) is 54.0 Å². The van der Waals surface area contributed by atoms with Gasteiger partial charge in [-0.2, -0.15) is 0 Å². The Labute approximate surface area is 147 Å². The number of Topliss-reactive ketones (excluding diaryl/α,β-unsaturated/α-hetero) is 1.